The van der Waals surface area contributed by atoms with Crippen LogP contribution in [0.1, 0.15) is 109 Å². The number of rotatable bonds is 19. The molecular weight excluding hydrogens is 468 g/mol. The van der Waals surface area contributed by atoms with Crippen molar-refractivity contribution in [2.45, 2.75) is 104 Å². The van der Waals surface area contributed by atoms with Crippen molar-refractivity contribution in [1.29, 1.82) is 0 Å². The molecule has 0 saturated carbocycles. The van der Waals surface area contributed by atoms with Crippen LogP contribution >= 0.6 is 0 Å². The molecule has 2 aromatic carbocycles. The minimum absolute atomic E-state index is 0.244. The van der Waals surface area contributed by atoms with Crippen molar-refractivity contribution in [3.63, 3.8) is 0 Å². The van der Waals surface area contributed by atoms with Gasteiger partial charge >= 0.3 is 0 Å². The standard InChI is InChI=1S/C35H52O3/c1-4-6-7-8-9-10-11-14-17-30-27-37-35(38-28-30)33-20-18-31(19-21-33)32-22-24-34(25-23-32)36-26-15-12-13-16-29(3)5-2/h4,18-25,29-30,35H,1,5-17,26-28H2,2-3H3/t29-,30?,35?/m0/s1. The lowest BCUT2D eigenvalue weighted by Crippen LogP contribution is -2.27. The lowest BCUT2D eigenvalue weighted by atomic mass is 10.00. The Hall–Kier alpha value is -2.10. The van der Waals surface area contributed by atoms with Gasteiger partial charge in [-0.1, -0.05) is 114 Å². The van der Waals surface area contributed by atoms with E-state index in [0.29, 0.717) is 5.92 Å². The zero-order valence-electron chi connectivity index (χ0n) is 24.2. The van der Waals surface area contributed by atoms with Crippen molar-refractivity contribution >= 4 is 0 Å². The summed E-state index contributed by atoms with van der Waals surface area (Å²) >= 11 is 0. The lowest BCUT2D eigenvalue weighted by Gasteiger charge is -2.29. The van der Waals surface area contributed by atoms with E-state index < -0.39 is 0 Å². The van der Waals surface area contributed by atoms with Gasteiger partial charge in [-0.05, 0) is 54.9 Å². The summed E-state index contributed by atoms with van der Waals surface area (Å²) in [7, 11) is 0. The van der Waals surface area contributed by atoms with E-state index in [2.05, 4.69) is 69.0 Å². The maximum Gasteiger partial charge on any atom is 0.183 e. The molecule has 0 spiro atoms. The normalized spacial score (nSPS) is 18.3. The minimum atomic E-state index is -0.244. The molecule has 38 heavy (non-hydrogen) atoms. The topological polar surface area (TPSA) is 27.7 Å². The molecule has 0 unspecified atom stereocenters. The maximum atomic E-state index is 6.09. The molecule has 0 aliphatic carbocycles. The van der Waals surface area contributed by atoms with Gasteiger partial charge in [0.15, 0.2) is 6.29 Å². The van der Waals surface area contributed by atoms with Gasteiger partial charge in [0.1, 0.15) is 5.75 Å². The largest absolute Gasteiger partial charge is 0.494 e. The molecule has 210 valence electrons. The second kappa shape index (κ2) is 18.2. The van der Waals surface area contributed by atoms with E-state index in [1.165, 1.54) is 81.8 Å². The summed E-state index contributed by atoms with van der Waals surface area (Å²) < 4.78 is 18.1. The second-order valence-electron chi connectivity index (χ2n) is 11.2. The summed E-state index contributed by atoms with van der Waals surface area (Å²) in [5.41, 5.74) is 3.49. The van der Waals surface area contributed by atoms with Crippen LogP contribution in [0.2, 0.25) is 0 Å². The lowest BCUT2D eigenvalue weighted by molar-refractivity contribution is -0.206. The van der Waals surface area contributed by atoms with Gasteiger partial charge < -0.3 is 14.2 Å². The molecule has 0 bridgehead atoms. The highest BCUT2D eigenvalue weighted by atomic mass is 16.7. The van der Waals surface area contributed by atoms with Crippen LogP contribution in [0, 0.1) is 11.8 Å². The highest BCUT2D eigenvalue weighted by Gasteiger charge is 2.23. The molecule has 3 nitrogen and oxygen atoms in total. The zero-order valence-corrected chi connectivity index (χ0v) is 24.2. The summed E-state index contributed by atoms with van der Waals surface area (Å²) in [6, 6.07) is 17.1. The fourth-order valence-electron chi connectivity index (χ4n) is 5.07. The van der Waals surface area contributed by atoms with Crippen molar-refractivity contribution in [3.8, 4) is 16.9 Å². The molecule has 1 atom stereocenters. The number of hydrogen-bond donors (Lipinski definition) is 0. The van der Waals surface area contributed by atoms with Crippen molar-refractivity contribution in [3.05, 3.63) is 66.7 Å². The second-order valence-corrected chi connectivity index (χ2v) is 11.2. The average molecular weight is 521 g/mol. The van der Waals surface area contributed by atoms with E-state index in [1.807, 2.05) is 6.08 Å². The van der Waals surface area contributed by atoms with E-state index >= 15 is 0 Å². The molecular formula is C35H52O3. The van der Waals surface area contributed by atoms with Gasteiger partial charge in [-0.25, -0.2) is 0 Å². The van der Waals surface area contributed by atoms with Crippen LogP contribution in [0.15, 0.2) is 61.2 Å². The predicted molar refractivity (Wildman–Crippen MR) is 161 cm³/mol. The fraction of sp³-hybridized carbons (Fsp3) is 0.600. The zero-order chi connectivity index (χ0) is 26.8. The van der Waals surface area contributed by atoms with Crippen LogP contribution in [0.5, 0.6) is 5.75 Å². The van der Waals surface area contributed by atoms with Crippen molar-refractivity contribution in [2.75, 3.05) is 19.8 Å². The van der Waals surface area contributed by atoms with Crippen LogP contribution in [-0.2, 0) is 9.47 Å². The molecule has 1 saturated heterocycles. The molecule has 1 aliphatic heterocycles. The third-order valence-corrected chi connectivity index (χ3v) is 7.91. The van der Waals surface area contributed by atoms with E-state index in [4.69, 9.17) is 14.2 Å². The molecule has 3 rings (SSSR count). The molecule has 0 amide bonds. The van der Waals surface area contributed by atoms with Crippen LogP contribution < -0.4 is 4.74 Å². The van der Waals surface area contributed by atoms with Crippen molar-refractivity contribution in [2.24, 2.45) is 11.8 Å². The smallest absolute Gasteiger partial charge is 0.183 e. The van der Waals surface area contributed by atoms with Gasteiger partial charge in [0.2, 0.25) is 0 Å². The summed E-state index contributed by atoms with van der Waals surface area (Å²) in [6.07, 6.45) is 18.4. The number of allylic oxidation sites excluding steroid dienone is 1. The van der Waals surface area contributed by atoms with Crippen LogP contribution in [0.3, 0.4) is 0 Å². The Balaban J connectivity index is 1.31. The number of ether oxygens (including phenoxy) is 3. The fourth-order valence-corrected chi connectivity index (χ4v) is 5.07. The van der Waals surface area contributed by atoms with Gasteiger partial charge in [-0.3, -0.25) is 0 Å². The van der Waals surface area contributed by atoms with Crippen LogP contribution in [0.4, 0.5) is 0 Å². The highest BCUT2D eigenvalue weighted by Crippen LogP contribution is 2.30. The van der Waals surface area contributed by atoms with Crippen molar-refractivity contribution in [1.82, 2.24) is 0 Å². The third kappa shape index (κ3) is 11.3. The average Bonchev–Trinajstić information content (AvgIpc) is 2.97. The monoisotopic (exact) mass is 520 g/mol. The highest BCUT2D eigenvalue weighted by molar-refractivity contribution is 5.64. The van der Waals surface area contributed by atoms with E-state index in [0.717, 1.165) is 49.9 Å². The van der Waals surface area contributed by atoms with Gasteiger partial charge in [-0.15, -0.1) is 6.58 Å². The number of hydrogen-bond acceptors (Lipinski definition) is 3. The Bertz CT molecular complexity index is 865. The van der Waals surface area contributed by atoms with E-state index in [9.17, 15) is 0 Å². The van der Waals surface area contributed by atoms with Crippen LogP contribution in [-0.4, -0.2) is 19.8 Å². The van der Waals surface area contributed by atoms with Gasteiger partial charge in [-0.2, -0.15) is 0 Å². The number of unbranched alkanes of at least 4 members (excludes halogenated alkanes) is 8. The Morgan fingerprint density at radius 3 is 2.08 bits per heavy atom. The molecule has 1 aliphatic rings. The predicted octanol–water partition coefficient (Wildman–Crippen LogP) is 10.3. The Morgan fingerprint density at radius 1 is 0.816 bits per heavy atom. The summed E-state index contributed by atoms with van der Waals surface area (Å²) in [5, 5.41) is 0. The first-order chi connectivity index (χ1) is 18.7. The molecule has 2 aromatic rings. The summed E-state index contributed by atoms with van der Waals surface area (Å²) in [6.45, 7) is 10.8. The molecule has 1 heterocycles. The summed E-state index contributed by atoms with van der Waals surface area (Å²) in [4.78, 5) is 0. The van der Waals surface area contributed by atoms with E-state index in [1.54, 1.807) is 0 Å². The van der Waals surface area contributed by atoms with Crippen LogP contribution in [0.25, 0.3) is 11.1 Å². The van der Waals surface area contributed by atoms with Gasteiger partial charge in [0, 0.05) is 11.5 Å². The van der Waals surface area contributed by atoms with Gasteiger partial charge in [0.05, 0.1) is 19.8 Å². The third-order valence-electron chi connectivity index (χ3n) is 7.91. The number of benzene rings is 2. The molecule has 0 aromatic heterocycles. The SMILES string of the molecule is C=CCCCCCCCCC1COC(c2ccc(-c3ccc(OCCCCC[C@@H](C)CC)cc3)cc2)OC1. The molecule has 3 heteroatoms. The Labute approximate surface area is 233 Å². The molecule has 1 fully saturated rings. The minimum Gasteiger partial charge on any atom is -0.494 e. The van der Waals surface area contributed by atoms with Gasteiger partial charge in [0.25, 0.3) is 0 Å². The first-order valence-corrected chi connectivity index (χ1v) is 15.4. The van der Waals surface area contributed by atoms with Crippen molar-refractivity contribution < 1.29 is 14.2 Å². The quantitative estimate of drug-likeness (QED) is 0.136. The Kier molecular flexibility index (Phi) is 14.6. The Morgan fingerprint density at radius 2 is 1.42 bits per heavy atom. The summed E-state index contributed by atoms with van der Waals surface area (Å²) in [5.74, 6) is 2.33. The molecule has 0 N–H and O–H groups in total. The first-order valence-electron chi connectivity index (χ1n) is 15.4. The maximum absolute atomic E-state index is 6.09. The van der Waals surface area contributed by atoms with E-state index in [-0.39, 0.29) is 6.29 Å². The first kappa shape index (κ1) is 30.4. The molecule has 0 radical (unpaired) electrons.